The van der Waals surface area contributed by atoms with Crippen molar-refractivity contribution in [3.05, 3.63) is 59.2 Å². The van der Waals surface area contributed by atoms with Crippen LogP contribution >= 0.6 is 11.3 Å². The molecule has 2 aromatic heterocycles. The van der Waals surface area contributed by atoms with Gasteiger partial charge in [0.15, 0.2) is 10.9 Å². The number of carbonyl (C=O) groups is 3. The van der Waals surface area contributed by atoms with E-state index in [1.165, 1.54) is 29.4 Å². The number of nitrogens with zero attached hydrogens (tertiary/aromatic N) is 2. The Labute approximate surface area is 187 Å². The van der Waals surface area contributed by atoms with E-state index in [1.54, 1.807) is 11.4 Å². The van der Waals surface area contributed by atoms with Gasteiger partial charge in [0.1, 0.15) is 18.3 Å². The summed E-state index contributed by atoms with van der Waals surface area (Å²) in [5, 5.41) is 4.83. The normalized spacial score (nSPS) is 15.4. The smallest absolute Gasteiger partial charge is 0.410 e. The maximum Gasteiger partial charge on any atom is 0.410 e. The highest BCUT2D eigenvalue weighted by molar-refractivity contribution is 7.14. The molecular formula is C22H21N3O6S. The molecule has 10 heteroatoms. The average molecular weight is 455 g/mol. The number of thiazole rings is 1. The highest BCUT2D eigenvalue weighted by Gasteiger charge is 2.35. The first-order chi connectivity index (χ1) is 15.5. The molecule has 0 radical (unpaired) electrons. The molecule has 4 rings (SSSR count). The molecule has 0 spiro atoms. The second-order valence-corrected chi connectivity index (χ2v) is 7.93. The van der Waals surface area contributed by atoms with E-state index in [1.807, 2.05) is 30.3 Å². The molecule has 1 fully saturated rings. The third-order valence-corrected chi connectivity index (χ3v) is 5.73. The number of hydrogen-bond donors (Lipinski definition) is 1. The van der Waals surface area contributed by atoms with Crippen molar-refractivity contribution in [2.45, 2.75) is 25.5 Å². The van der Waals surface area contributed by atoms with Crippen LogP contribution in [0.3, 0.4) is 0 Å². The lowest BCUT2D eigenvalue weighted by Gasteiger charge is -2.22. The van der Waals surface area contributed by atoms with E-state index in [-0.39, 0.29) is 18.3 Å². The first-order valence-electron chi connectivity index (χ1n) is 9.97. The zero-order chi connectivity index (χ0) is 22.5. The number of ether oxygens (including phenoxy) is 2. The topological polar surface area (TPSA) is 111 Å². The maximum atomic E-state index is 12.8. The van der Waals surface area contributed by atoms with Crippen LogP contribution in [0.5, 0.6) is 0 Å². The third kappa shape index (κ3) is 4.80. The Hall–Kier alpha value is -3.66. The summed E-state index contributed by atoms with van der Waals surface area (Å²) in [6, 6.07) is 11.8. The van der Waals surface area contributed by atoms with Crippen LogP contribution < -0.4 is 5.32 Å². The molecular weight excluding hydrogens is 434 g/mol. The van der Waals surface area contributed by atoms with Crippen molar-refractivity contribution in [2.24, 2.45) is 0 Å². The summed E-state index contributed by atoms with van der Waals surface area (Å²) >= 11 is 1.22. The van der Waals surface area contributed by atoms with Crippen molar-refractivity contribution in [1.29, 1.82) is 0 Å². The van der Waals surface area contributed by atoms with Crippen LogP contribution in [-0.4, -0.2) is 47.6 Å². The number of nitrogens with one attached hydrogen (secondary N) is 1. The molecule has 1 N–H and O–H groups in total. The van der Waals surface area contributed by atoms with Gasteiger partial charge >= 0.3 is 12.1 Å². The zero-order valence-corrected chi connectivity index (χ0v) is 18.1. The summed E-state index contributed by atoms with van der Waals surface area (Å²) < 4.78 is 15.4. The molecule has 1 aliphatic rings. The Morgan fingerprint density at radius 3 is 2.81 bits per heavy atom. The lowest BCUT2D eigenvalue weighted by atomic mass is 10.2. The first kappa shape index (κ1) is 21.6. The minimum Gasteiger partial charge on any atom is -0.463 e. The Balaban J connectivity index is 1.36. The Morgan fingerprint density at radius 1 is 1.22 bits per heavy atom. The van der Waals surface area contributed by atoms with Crippen LogP contribution in [0.25, 0.3) is 11.5 Å². The van der Waals surface area contributed by atoms with Crippen molar-refractivity contribution < 1.29 is 28.3 Å². The number of anilines is 1. The maximum absolute atomic E-state index is 12.8. The fourth-order valence-corrected chi connectivity index (χ4v) is 4.08. The van der Waals surface area contributed by atoms with Crippen molar-refractivity contribution in [3.63, 3.8) is 0 Å². The van der Waals surface area contributed by atoms with Gasteiger partial charge in [-0.15, -0.1) is 11.3 Å². The van der Waals surface area contributed by atoms with Crippen LogP contribution in [-0.2, 0) is 20.9 Å². The van der Waals surface area contributed by atoms with E-state index in [4.69, 9.17) is 9.15 Å². The number of esters is 1. The van der Waals surface area contributed by atoms with Gasteiger partial charge in [0.25, 0.3) is 0 Å². The number of hydrogen-bond acceptors (Lipinski definition) is 8. The molecule has 0 aliphatic carbocycles. The van der Waals surface area contributed by atoms with Gasteiger partial charge in [-0.1, -0.05) is 30.3 Å². The van der Waals surface area contributed by atoms with Crippen LogP contribution in [0.1, 0.15) is 29.0 Å². The monoisotopic (exact) mass is 455 g/mol. The highest BCUT2D eigenvalue weighted by Crippen LogP contribution is 2.28. The minimum absolute atomic E-state index is 0.0664. The number of carbonyl (C=O) groups excluding carboxylic acids is 3. The Kier molecular flexibility index (Phi) is 6.50. The molecule has 0 bridgehead atoms. The van der Waals surface area contributed by atoms with Gasteiger partial charge in [-0.2, -0.15) is 0 Å². The number of likely N-dealkylation sites (tertiary alicyclic amines) is 1. The number of aromatic nitrogens is 1. The largest absolute Gasteiger partial charge is 0.463 e. The molecule has 1 aliphatic heterocycles. The predicted octanol–water partition coefficient (Wildman–Crippen LogP) is 3.93. The van der Waals surface area contributed by atoms with E-state index in [0.29, 0.717) is 36.0 Å². The van der Waals surface area contributed by atoms with E-state index in [0.717, 1.165) is 5.56 Å². The van der Waals surface area contributed by atoms with Crippen LogP contribution in [0.4, 0.5) is 9.93 Å². The Bertz CT molecular complexity index is 1110. The SMILES string of the molecule is COC(=O)c1ccc(-c2csc(NC(=O)[C@@H]3CCCN3C(=O)OCc3ccccc3)n2)o1. The fourth-order valence-electron chi connectivity index (χ4n) is 3.38. The zero-order valence-electron chi connectivity index (χ0n) is 17.3. The van der Waals surface area contributed by atoms with E-state index in [2.05, 4.69) is 15.0 Å². The lowest BCUT2D eigenvalue weighted by molar-refractivity contribution is -0.120. The summed E-state index contributed by atoms with van der Waals surface area (Å²) in [6.45, 7) is 0.606. The van der Waals surface area contributed by atoms with Gasteiger partial charge in [0, 0.05) is 11.9 Å². The number of methoxy groups -OCH3 is 1. The summed E-state index contributed by atoms with van der Waals surface area (Å²) in [5.74, 6) is -0.457. The number of furan rings is 1. The van der Waals surface area contributed by atoms with Gasteiger partial charge in [-0.05, 0) is 30.5 Å². The minimum atomic E-state index is -0.625. The highest BCUT2D eigenvalue weighted by atomic mass is 32.1. The standard InChI is InChI=1S/C22H21N3O6S/c1-29-20(27)18-10-9-17(31-18)15-13-32-21(23-15)24-19(26)16-8-5-11-25(16)22(28)30-12-14-6-3-2-4-7-14/h2-4,6-7,9-10,13,16H,5,8,11-12H2,1H3,(H,23,24,26)/t16-/m0/s1. The van der Waals surface area contributed by atoms with E-state index in [9.17, 15) is 14.4 Å². The van der Waals surface area contributed by atoms with Crippen molar-refractivity contribution in [1.82, 2.24) is 9.88 Å². The molecule has 0 unspecified atom stereocenters. The molecule has 0 saturated carbocycles. The first-order valence-corrected chi connectivity index (χ1v) is 10.9. The van der Waals surface area contributed by atoms with Crippen LogP contribution in [0.15, 0.2) is 52.3 Å². The summed E-state index contributed by atoms with van der Waals surface area (Å²) in [6.07, 6.45) is 0.743. The second kappa shape index (κ2) is 9.65. The van der Waals surface area contributed by atoms with Gasteiger partial charge in [0.2, 0.25) is 11.7 Å². The van der Waals surface area contributed by atoms with Gasteiger partial charge < -0.3 is 19.2 Å². The predicted molar refractivity (Wildman–Crippen MR) is 116 cm³/mol. The van der Waals surface area contributed by atoms with E-state index >= 15 is 0 Å². The van der Waals surface area contributed by atoms with E-state index < -0.39 is 18.1 Å². The molecule has 9 nitrogen and oxygen atoms in total. The van der Waals surface area contributed by atoms with Crippen molar-refractivity contribution in [2.75, 3.05) is 19.0 Å². The molecule has 1 saturated heterocycles. The number of rotatable bonds is 6. The average Bonchev–Trinajstić information content (AvgIpc) is 3.57. The molecule has 166 valence electrons. The van der Waals surface area contributed by atoms with Crippen LogP contribution in [0.2, 0.25) is 0 Å². The van der Waals surface area contributed by atoms with Gasteiger partial charge in [-0.3, -0.25) is 9.69 Å². The molecule has 1 aromatic carbocycles. The molecule has 32 heavy (non-hydrogen) atoms. The fraction of sp³-hybridized carbons (Fsp3) is 0.273. The Morgan fingerprint density at radius 2 is 2.03 bits per heavy atom. The van der Waals surface area contributed by atoms with Crippen molar-refractivity contribution >= 4 is 34.4 Å². The number of amides is 2. The molecule has 3 aromatic rings. The summed E-state index contributed by atoms with van der Waals surface area (Å²) in [5.41, 5.74) is 1.36. The lowest BCUT2D eigenvalue weighted by Crippen LogP contribution is -2.43. The van der Waals surface area contributed by atoms with Crippen molar-refractivity contribution in [3.8, 4) is 11.5 Å². The molecule has 3 heterocycles. The quantitative estimate of drug-likeness (QED) is 0.561. The number of benzene rings is 1. The summed E-state index contributed by atoms with van der Waals surface area (Å²) in [4.78, 5) is 42.6. The van der Waals surface area contributed by atoms with Gasteiger partial charge in [0.05, 0.1) is 7.11 Å². The second-order valence-electron chi connectivity index (χ2n) is 7.07. The van der Waals surface area contributed by atoms with Crippen LogP contribution in [0, 0.1) is 0 Å². The van der Waals surface area contributed by atoms with Gasteiger partial charge in [-0.25, -0.2) is 14.6 Å². The summed E-state index contributed by atoms with van der Waals surface area (Å²) in [7, 11) is 1.27. The molecule has 1 atom stereocenters. The third-order valence-electron chi connectivity index (χ3n) is 4.97. The molecule has 2 amide bonds.